The summed E-state index contributed by atoms with van der Waals surface area (Å²) in [7, 11) is 1.60. The van der Waals surface area contributed by atoms with Gasteiger partial charge >= 0.3 is 6.03 Å². The lowest BCUT2D eigenvalue weighted by Gasteiger charge is -2.33. The Balaban J connectivity index is 2.45. The van der Waals surface area contributed by atoms with Gasteiger partial charge in [-0.3, -0.25) is 0 Å². The Bertz CT molecular complexity index is 172. The van der Waals surface area contributed by atoms with E-state index in [0.29, 0.717) is 12.5 Å². The fourth-order valence-electron chi connectivity index (χ4n) is 1.39. The maximum Gasteiger partial charge on any atom is 0.317 e. The van der Waals surface area contributed by atoms with E-state index < -0.39 is 0 Å². The SMILES string of the molecule is CNC(=O)N1CCC(C)C(O)C1. The molecule has 1 aliphatic rings. The zero-order chi connectivity index (χ0) is 9.14. The van der Waals surface area contributed by atoms with Crippen molar-refractivity contribution in [2.75, 3.05) is 20.1 Å². The van der Waals surface area contributed by atoms with Crippen molar-refractivity contribution in [3.05, 3.63) is 0 Å². The highest BCUT2D eigenvalue weighted by Gasteiger charge is 2.26. The lowest BCUT2D eigenvalue weighted by atomic mass is 9.96. The van der Waals surface area contributed by atoms with Crippen molar-refractivity contribution in [3.63, 3.8) is 0 Å². The van der Waals surface area contributed by atoms with E-state index in [1.54, 1.807) is 11.9 Å². The fourth-order valence-corrected chi connectivity index (χ4v) is 1.39. The molecule has 2 N–H and O–H groups in total. The van der Waals surface area contributed by atoms with Crippen molar-refractivity contribution in [2.24, 2.45) is 5.92 Å². The maximum absolute atomic E-state index is 11.1. The third-order valence-corrected chi connectivity index (χ3v) is 2.42. The van der Waals surface area contributed by atoms with E-state index in [9.17, 15) is 9.90 Å². The molecule has 0 radical (unpaired) electrons. The second-order valence-electron chi connectivity index (χ2n) is 3.33. The minimum absolute atomic E-state index is 0.0963. The van der Waals surface area contributed by atoms with Gasteiger partial charge in [-0.05, 0) is 12.3 Å². The molecule has 1 rings (SSSR count). The van der Waals surface area contributed by atoms with Gasteiger partial charge < -0.3 is 15.3 Å². The van der Waals surface area contributed by atoms with Crippen molar-refractivity contribution in [2.45, 2.75) is 19.4 Å². The van der Waals surface area contributed by atoms with Gasteiger partial charge in [0.2, 0.25) is 0 Å². The second kappa shape index (κ2) is 3.76. The highest BCUT2D eigenvalue weighted by Crippen LogP contribution is 2.16. The number of nitrogens with one attached hydrogen (secondary N) is 1. The molecule has 1 saturated heterocycles. The molecule has 2 unspecified atom stereocenters. The van der Waals surface area contributed by atoms with Crippen LogP contribution in [0, 0.1) is 5.92 Å². The van der Waals surface area contributed by atoms with Gasteiger partial charge in [0.15, 0.2) is 0 Å². The Morgan fingerprint density at radius 3 is 2.83 bits per heavy atom. The van der Waals surface area contributed by atoms with Gasteiger partial charge in [-0.1, -0.05) is 6.92 Å². The number of nitrogens with zero attached hydrogens (tertiary/aromatic N) is 1. The molecule has 12 heavy (non-hydrogen) atoms. The predicted octanol–water partition coefficient (Wildman–Crippen LogP) is 0.0285. The third-order valence-electron chi connectivity index (χ3n) is 2.42. The van der Waals surface area contributed by atoms with Crippen LogP contribution < -0.4 is 5.32 Å². The van der Waals surface area contributed by atoms with Crippen LogP contribution in [0.2, 0.25) is 0 Å². The summed E-state index contributed by atoms with van der Waals surface area (Å²) < 4.78 is 0. The molecule has 4 heteroatoms. The molecule has 0 bridgehead atoms. The van der Waals surface area contributed by atoms with E-state index in [-0.39, 0.29) is 12.1 Å². The summed E-state index contributed by atoms with van der Waals surface area (Å²) in [5.41, 5.74) is 0. The lowest BCUT2D eigenvalue weighted by molar-refractivity contribution is 0.0440. The molecule has 0 aliphatic carbocycles. The van der Waals surface area contributed by atoms with Gasteiger partial charge in [0.05, 0.1) is 6.10 Å². The number of amides is 2. The van der Waals surface area contributed by atoms with E-state index in [0.717, 1.165) is 13.0 Å². The minimum atomic E-state index is -0.365. The molecule has 0 aromatic heterocycles. The van der Waals surface area contributed by atoms with Gasteiger partial charge in [-0.25, -0.2) is 4.79 Å². The Hall–Kier alpha value is -0.770. The first-order valence-electron chi connectivity index (χ1n) is 4.30. The molecular weight excluding hydrogens is 156 g/mol. The fraction of sp³-hybridized carbons (Fsp3) is 0.875. The summed E-state index contributed by atoms with van der Waals surface area (Å²) >= 11 is 0. The molecule has 1 heterocycles. The number of hydrogen-bond acceptors (Lipinski definition) is 2. The minimum Gasteiger partial charge on any atom is -0.391 e. The largest absolute Gasteiger partial charge is 0.391 e. The highest BCUT2D eigenvalue weighted by atomic mass is 16.3. The smallest absolute Gasteiger partial charge is 0.317 e. The van der Waals surface area contributed by atoms with Crippen LogP contribution in [0.1, 0.15) is 13.3 Å². The molecule has 4 nitrogen and oxygen atoms in total. The van der Waals surface area contributed by atoms with E-state index in [1.165, 1.54) is 0 Å². The Labute approximate surface area is 72.6 Å². The van der Waals surface area contributed by atoms with E-state index >= 15 is 0 Å². The quantitative estimate of drug-likeness (QED) is 0.541. The van der Waals surface area contributed by atoms with Crippen LogP contribution in [0.5, 0.6) is 0 Å². The van der Waals surface area contributed by atoms with Crippen molar-refractivity contribution in [1.29, 1.82) is 0 Å². The first-order valence-corrected chi connectivity index (χ1v) is 4.30. The number of β-amino-alcohol motifs (C(OH)–C–C–N with tert-alkyl or cyclic N) is 1. The standard InChI is InChI=1S/C8H16N2O2/c1-6-3-4-10(5-7(6)11)8(12)9-2/h6-7,11H,3-5H2,1-2H3,(H,9,12). The lowest BCUT2D eigenvalue weighted by Crippen LogP contribution is -2.48. The summed E-state index contributed by atoms with van der Waals surface area (Å²) in [6.45, 7) is 3.21. The molecule has 70 valence electrons. The summed E-state index contributed by atoms with van der Waals surface area (Å²) in [4.78, 5) is 12.8. The van der Waals surface area contributed by atoms with Gasteiger partial charge in [0.1, 0.15) is 0 Å². The monoisotopic (exact) mass is 172 g/mol. The topological polar surface area (TPSA) is 52.6 Å². The maximum atomic E-state index is 11.1. The summed E-state index contributed by atoms with van der Waals surface area (Å²) in [5, 5.41) is 12.0. The number of likely N-dealkylation sites (tertiary alicyclic amines) is 1. The number of carbonyl (C=O) groups is 1. The van der Waals surface area contributed by atoms with Crippen LogP contribution >= 0.6 is 0 Å². The zero-order valence-electron chi connectivity index (χ0n) is 7.58. The van der Waals surface area contributed by atoms with Crippen LogP contribution in [0.4, 0.5) is 4.79 Å². The van der Waals surface area contributed by atoms with Crippen molar-refractivity contribution in [1.82, 2.24) is 10.2 Å². The van der Waals surface area contributed by atoms with Gasteiger partial charge in [-0.15, -0.1) is 0 Å². The van der Waals surface area contributed by atoms with Crippen LogP contribution in [0.3, 0.4) is 0 Å². The van der Waals surface area contributed by atoms with Crippen LogP contribution in [0.15, 0.2) is 0 Å². The number of aliphatic hydroxyl groups excluding tert-OH is 1. The molecular formula is C8H16N2O2. The first kappa shape index (κ1) is 9.32. The van der Waals surface area contributed by atoms with Crippen molar-refractivity contribution >= 4 is 6.03 Å². The normalized spacial score (nSPS) is 30.1. The number of piperidine rings is 1. The number of carbonyl (C=O) groups excluding carboxylic acids is 1. The van der Waals surface area contributed by atoms with Crippen LogP contribution in [0.25, 0.3) is 0 Å². The van der Waals surface area contributed by atoms with Crippen LogP contribution in [-0.2, 0) is 0 Å². The van der Waals surface area contributed by atoms with E-state index in [1.807, 2.05) is 6.92 Å². The van der Waals surface area contributed by atoms with E-state index in [4.69, 9.17) is 0 Å². The van der Waals surface area contributed by atoms with Crippen molar-refractivity contribution < 1.29 is 9.90 Å². The second-order valence-corrected chi connectivity index (χ2v) is 3.33. The molecule has 0 spiro atoms. The molecule has 1 fully saturated rings. The number of aliphatic hydroxyl groups is 1. The van der Waals surface area contributed by atoms with Crippen LogP contribution in [-0.4, -0.2) is 42.3 Å². The molecule has 0 saturated carbocycles. The highest BCUT2D eigenvalue weighted by molar-refractivity contribution is 5.73. The Morgan fingerprint density at radius 2 is 2.33 bits per heavy atom. The number of hydrogen-bond donors (Lipinski definition) is 2. The zero-order valence-corrected chi connectivity index (χ0v) is 7.58. The average Bonchev–Trinajstić information content (AvgIpc) is 2.08. The van der Waals surface area contributed by atoms with Crippen molar-refractivity contribution in [3.8, 4) is 0 Å². The molecule has 2 amide bonds. The summed E-state index contributed by atoms with van der Waals surface area (Å²) in [6, 6.07) is -0.0963. The molecule has 2 atom stereocenters. The van der Waals surface area contributed by atoms with Gasteiger partial charge in [-0.2, -0.15) is 0 Å². The summed E-state index contributed by atoms with van der Waals surface area (Å²) in [5.74, 6) is 0.311. The molecule has 0 aromatic rings. The van der Waals surface area contributed by atoms with Gasteiger partial charge in [0.25, 0.3) is 0 Å². The molecule has 1 aliphatic heterocycles. The third kappa shape index (κ3) is 1.88. The first-order chi connectivity index (χ1) is 5.65. The number of rotatable bonds is 0. The van der Waals surface area contributed by atoms with E-state index in [2.05, 4.69) is 5.32 Å². The Kier molecular flexibility index (Phi) is 2.92. The van der Waals surface area contributed by atoms with Gasteiger partial charge in [0, 0.05) is 20.1 Å². The molecule has 0 aromatic carbocycles. The predicted molar refractivity (Wildman–Crippen MR) is 45.8 cm³/mol. The number of urea groups is 1. The summed E-state index contributed by atoms with van der Waals surface area (Å²) in [6.07, 6.45) is 0.519. The Morgan fingerprint density at radius 1 is 1.67 bits per heavy atom. The average molecular weight is 172 g/mol.